The van der Waals surface area contributed by atoms with E-state index in [2.05, 4.69) is 4.72 Å². The number of nitrogens with zero attached hydrogens (tertiary/aromatic N) is 1. The topological polar surface area (TPSA) is 113 Å². The van der Waals surface area contributed by atoms with Crippen molar-refractivity contribution in [1.82, 2.24) is 9.62 Å². The van der Waals surface area contributed by atoms with Crippen LogP contribution in [0.1, 0.15) is 37.0 Å². The average molecular weight is 384 g/mol. The van der Waals surface area contributed by atoms with Crippen molar-refractivity contribution >= 4 is 21.9 Å². The number of morpholine rings is 1. The molecule has 2 atom stereocenters. The van der Waals surface area contributed by atoms with Crippen LogP contribution in [0.15, 0.2) is 29.2 Å². The lowest BCUT2D eigenvalue weighted by Gasteiger charge is -2.32. The quantitative estimate of drug-likeness (QED) is 0.727. The fraction of sp³-hybridized carbons (Fsp3) is 0.529. The first kappa shape index (κ1) is 20.3. The lowest BCUT2D eigenvalue weighted by molar-refractivity contribution is -0.141. The van der Waals surface area contributed by atoms with Gasteiger partial charge in [0.1, 0.15) is 0 Å². The van der Waals surface area contributed by atoms with E-state index >= 15 is 0 Å². The third-order valence-corrected chi connectivity index (χ3v) is 5.81. The maximum atomic E-state index is 12.6. The van der Waals surface area contributed by atoms with E-state index in [4.69, 9.17) is 9.84 Å². The number of amides is 1. The molecule has 2 rings (SSSR count). The Labute approximate surface area is 153 Å². The first-order valence-electron chi connectivity index (χ1n) is 8.48. The Kier molecular flexibility index (Phi) is 6.74. The Morgan fingerprint density at radius 1 is 1.35 bits per heavy atom. The van der Waals surface area contributed by atoms with Gasteiger partial charge in [0.15, 0.2) is 0 Å². The molecule has 1 saturated heterocycles. The number of carboxylic acids is 1. The van der Waals surface area contributed by atoms with Gasteiger partial charge < -0.3 is 14.7 Å². The van der Waals surface area contributed by atoms with Crippen molar-refractivity contribution in [3.8, 4) is 0 Å². The Bertz CT molecular complexity index is 747. The molecule has 0 saturated carbocycles. The number of benzene rings is 1. The largest absolute Gasteiger partial charge is 0.481 e. The molecule has 0 aliphatic carbocycles. The highest BCUT2D eigenvalue weighted by molar-refractivity contribution is 7.89. The van der Waals surface area contributed by atoms with Crippen LogP contribution in [0.3, 0.4) is 0 Å². The zero-order chi connectivity index (χ0) is 19.3. The number of rotatable bonds is 7. The van der Waals surface area contributed by atoms with Crippen molar-refractivity contribution in [1.29, 1.82) is 0 Å². The van der Waals surface area contributed by atoms with Crippen molar-refractivity contribution in [2.45, 2.75) is 43.7 Å². The number of aliphatic carboxylic acids is 1. The highest BCUT2D eigenvalue weighted by Gasteiger charge is 2.27. The highest BCUT2D eigenvalue weighted by atomic mass is 32.2. The molecule has 26 heavy (non-hydrogen) atoms. The molecule has 2 N–H and O–H groups in total. The Morgan fingerprint density at radius 3 is 2.58 bits per heavy atom. The van der Waals surface area contributed by atoms with Crippen LogP contribution < -0.4 is 4.72 Å². The fourth-order valence-corrected chi connectivity index (χ4v) is 3.92. The van der Waals surface area contributed by atoms with Gasteiger partial charge in [-0.15, -0.1) is 0 Å². The van der Waals surface area contributed by atoms with Crippen LogP contribution in [0.5, 0.6) is 0 Å². The van der Waals surface area contributed by atoms with Crippen LogP contribution >= 0.6 is 0 Å². The first-order valence-corrected chi connectivity index (χ1v) is 9.96. The van der Waals surface area contributed by atoms with E-state index in [1.165, 1.54) is 29.2 Å². The molecule has 9 heteroatoms. The van der Waals surface area contributed by atoms with Crippen molar-refractivity contribution in [2.75, 3.05) is 19.7 Å². The predicted molar refractivity (Wildman–Crippen MR) is 94.4 cm³/mol. The molecule has 1 aromatic rings. The van der Waals surface area contributed by atoms with Gasteiger partial charge in [-0.05, 0) is 37.6 Å². The zero-order valence-electron chi connectivity index (χ0n) is 14.8. The second-order valence-electron chi connectivity index (χ2n) is 6.30. The summed E-state index contributed by atoms with van der Waals surface area (Å²) in [5.74, 6) is -1.25. The van der Waals surface area contributed by atoms with Crippen LogP contribution in [-0.4, -0.2) is 62.1 Å². The maximum absolute atomic E-state index is 12.6. The number of carbonyl (C=O) groups excluding carboxylic acids is 1. The summed E-state index contributed by atoms with van der Waals surface area (Å²) in [7, 11) is -3.62. The molecule has 1 heterocycles. The van der Waals surface area contributed by atoms with Crippen molar-refractivity contribution in [2.24, 2.45) is 0 Å². The normalized spacial score (nSPS) is 19.2. The number of hydrogen-bond acceptors (Lipinski definition) is 5. The number of sulfonamides is 1. The van der Waals surface area contributed by atoms with Gasteiger partial charge in [0.05, 0.1) is 24.0 Å². The van der Waals surface area contributed by atoms with Crippen LogP contribution in [0.2, 0.25) is 0 Å². The number of nitrogens with one attached hydrogen (secondary N) is 1. The molecule has 144 valence electrons. The van der Waals surface area contributed by atoms with Crippen LogP contribution in [0, 0.1) is 0 Å². The van der Waals surface area contributed by atoms with E-state index in [1.54, 1.807) is 6.92 Å². The predicted octanol–water partition coefficient (Wildman–Crippen LogP) is 1.08. The van der Waals surface area contributed by atoms with E-state index in [0.717, 1.165) is 0 Å². The van der Waals surface area contributed by atoms with Gasteiger partial charge in [0.2, 0.25) is 10.0 Å². The molecule has 0 aromatic heterocycles. The minimum atomic E-state index is -3.62. The van der Waals surface area contributed by atoms with Gasteiger partial charge >= 0.3 is 5.97 Å². The summed E-state index contributed by atoms with van der Waals surface area (Å²) in [5, 5.41) is 8.85. The number of ether oxygens (including phenoxy) is 1. The molecule has 8 nitrogen and oxygen atoms in total. The lowest BCUT2D eigenvalue weighted by Crippen LogP contribution is -2.46. The Hall–Kier alpha value is -1.97. The number of hydrogen-bond donors (Lipinski definition) is 2. The molecule has 1 aromatic carbocycles. The summed E-state index contributed by atoms with van der Waals surface area (Å²) in [6, 6.07) is 5.55. The van der Waals surface area contributed by atoms with Gasteiger partial charge in [-0.3, -0.25) is 9.59 Å². The number of carbonyl (C=O) groups is 2. The van der Waals surface area contributed by atoms with Gasteiger partial charge in [0.25, 0.3) is 5.91 Å². The van der Waals surface area contributed by atoms with Gasteiger partial charge in [0, 0.05) is 24.7 Å². The molecular weight excluding hydrogens is 360 g/mol. The maximum Gasteiger partial charge on any atom is 0.306 e. The molecule has 1 fully saturated rings. The minimum absolute atomic E-state index is 0.0973. The van der Waals surface area contributed by atoms with Gasteiger partial charge in [-0.1, -0.05) is 6.92 Å². The number of carboxylic acid groups (broad SMARTS) is 1. The molecule has 0 bridgehead atoms. The standard InChI is InChI=1S/C17H24N2O6S/c1-3-12(2)18-26(23,24)15-6-4-13(5-7-15)17(22)19-8-9-25-14(11-19)10-16(20)21/h4-7,12,14,18H,3,8-11H2,1-2H3,(H,20,21). The summed E-state index contributed by atoms with van der Waals surface area (Å²) < 4.78 is 32.4. The Balaban J connectivity index is 2.07. The third-order valence-electron chi connectivity index (χ3n) is 4.21. The van der Waals surface area contributed by atoms with Gasteiger partial charge in [-0.25, -0.2) is 13.1 Å². The van der Waals surface area contributed by atoms with Crippen molar-refractivity contribution < 1.29 is 27.9 Å². The molecule has 0 spiro atoms. The highest BCUT2D eigenvalue weighted by Crippen LogP contribution is 2.16. The summed E-state index contributed by atoms with van der Waals surface area (Å²) in [4.78, 5) is 25.0. The van der Waals surface area contributed by atoms with Crippen molar-refractivity contribution in [3.63, 3.8) is 0 Å². The molecule has 1 aliphatic heterocycles. The summed E-state index contributed by atoms with van der Waals surface area (Å²) in [6.45, 7) is 4.50. The summed E-state index contributed by atoms with van der Waals surface area (Å²) in [5.41, 5.74) is 0.350. The fourth-order valence-electron chi connectivity index (χ4n) is 2.60. The van der Waals surface area contributed by atoms with E-state index in [-0.39, 0.29) is 36.4 Å². The van der Waals surface area contributed by atoms with E-state index < -0.39 is 22.1 Å². The molecule has 2 unspecified atom stereocenters. The van der Waals surface area contributed by atoms with Crippen molar-refractivity contribution in [3.05, 3.63) is 29.8 Å². The second-order valence-corrected chi connectivity index (χ2v) is 8.01. The average Bonchev–Trinajstić information content (AvgIpc) is 2.60. The summed E-state index contributed by atoms with van der Waals surface area (Å²) in [6.07, 6.45) is -0.0309. The van der Waals surface area contributed by atoms with Gasteiger partial charge in [-0.2, -0.15) is 0 Å². The van der Waals surface area contributed by atoms with E-state index in [0.29, 0.717) is 18.5 Å². The first-order chi connectivity index (χ1) is 12.2. The molecular formula is C17H24N2O6S. The van der Waals surface area contributed by atoms with Crippen LogP contribution in [0.25, 0.3) is 0 Å². The Morgan fingerprint density at radius 2 is 2.00 bits per heavy atom. The second kappa shape index (κ2) is 8.61. The minimum Gasteiger partial charge on any atom is -0.481 e. The summed E-state index contributed by atoms with van der Waals surface area (Å²) >= 11 is 0. The molecule has 1 aliphatic rings. The van der Waals surface area contributed by atoms with E-state index in [1.807, 2.05) is 6.92 Å². The molecule has 0 radical (unpaired) electrons. The van der Waals surface area contributed by atoms with Crippen LogP contribution in [-0.2, 0) is 19.6 Å². The SMILES string of the molecule is CCC(C)NS(=O)(=O)c1ccc(C(=O)N2CCOC(CC(=O)O)C2)cc1. The lowest BCUT2D eigenvalue weighted by atomic mass is 10.1. The zero-order valence-corrected chi connectivity index (χ0v) is 15.7. The molecule has 1 amide bonds. The van der Waals surface area contributed by atoms with Crippen LogP contribution in [0.4, 0.5) is 0 Å². The smallest absolute Gasteiger partial charge is 0.306 e. The third kappa shape index (κ3) is 5.26. The monoisotopic (exact) mass is 384 g/mol. The van der Waals surface area contributed by atoms with E-state index in [9.17, 15) is 18.0 Å².